The maximum Gasteiger partial charge on any atom is 0.0948 e. The van der Waals surface area contributed by atoms with E-state index in [4.69, 9.17) is 0 Å². The van der Waals surface area contributed by atoms with Crippen LogP contribution in [0.1, 0.15) is 24.6 Å². The summed E-state index contributed by atoms with van der Waals surface area (Å²) in [6.45, 7) is 4.89. The van der Waals surface area contributed by atoms with E-state index >= 15 is 0 Å². The molecule has 0 saturated carbocycles. The Morgan fingerprint density at radius 1 is 1.29 bits per heavy atom. The molecule has 0 bridgehead atoms. The van der Waals surface area contributed by atoms with Gasteiger partial charge in [-0.3, -0.25) is 4.68 Å². The topological polar surface area (TPSA) is 47.7 Å². The highest BCUT2D eigenvalue weighted by Crippen LogP contribution is 2.01. The third kappa shape index (κ3) is 3.17. The lowest BCUT2D eigenvalue weighted by Gasteiger charge is -2.07. The summed E-state index contributed by atoms with van der Waals surface area (Å²) in [5, 5.41) is 7.54. The van der Waals surface area contributed by atoms with E-state index in [9.17, 15) is 0 Å². The minimum Gasteiger partial charge on any atom is -0.333 e. The Balaban J connectivity index is 1.83. The van der Waals surface area contributed by atoms with E-state index in [0.29, 0.717) is 0 Å². The SMILES string of the molecule is CCCn1cncc1CNCc1cnn(C)c1. The zero-order valence-corrected chi connectivity index (χ0v) is 10.4. The minimum atomic E-state index is 0.838. The second-order valence-corrected chi connectivity index (χ2v) is 4.20. The molecule has 0 spiro atoms. The van der Waals surface area contributed by atoms with Gasteiger partial charge in [0.2, 0.25) is 0 Å². The first-order valence-corrected chi connectivity index (χ1v) is 5.97. The molecule has 2 rings (SSSR count). The lowest BCUT2D eigenvalue weighted by molar-refractivity contribution is 0.601. The number of hydrogen-bond donors (Lipinski definition) is 1. The van der Waals surface area contributed by atoms with Gasteiger partial charge >= 0.3 is 0 Å². The van der Waals surface area contributed by atoms with Crippen molar-refractivity contribution in [1.82, 2.24) is 24.6 Å². The van der Waals surface area contributed by atoms with E-state index in [-0.39, 0.29) is 0 Å². The Labute approximate surface area is 101 Å². The maximum absolute atomic E-state index is 4.18. The lowest BCUT2D eigenvalue weighted by atomic mass is 10.3. The molecular formula is C12H19N5. The highest BCUT2D eigenvalue weighted by Gasteiger charge is 2.01. The Bertz CT molecular complexity index is 457. The fourth-order valence-corrected chi connectivity index (χ4v) is 1.84. The molecule has 0 radical (unpaired) electrons. The summed E-state index contributed by atoms with van der Waals surface area (Å²) in [4.78, 5) is 4.18. The Morgan fingerprint density at radius 3 is 2.88 bits per heavy atom. The van der Waals surface area contributed by atoms with Gasteiger partial charge in [-0.2, -0.15) is 5.10 Å². The third-order valence-corrected chi connectivity index (χ3v) is 2.66. The van der Waals surface area contributed by atoms with Crippen LogP contribution in [0.4, 0.5) is 0 Å². The van der Waals surface area contributed by atoms with Crippen LogP contribution in [0.2, 0.25) is 0 Å². The van der Waals surface area contributed by atoms with Gasteiger partial charge < -0.3 is 9.88 Å². The molecule has 0 aliphatic rings. The van der Waals surface area contributed by atoms with Crippen molar-refractivity contribution in [3.05, 3.63) is 36.2 Å². The van der Waals surface area contributed by atoms with E-state index in [1.165, 1.54) is 11.3 Å². The zero-order valence-electron chi connectivity index (χ0n) is 10.4. The summed E-state index contributed by atoms with van der Waals surface area (Å²) in [5.74, 6) is 0. The van der Waals surface area contributed by atoms with Crippen molar-refractivity contribution in [3.8, 4) is 0 Å². The van der Waals surface area contributed by atoms with Gasteiger partial charge in [-0.05, 0) is 6.42 Å². The highest BCUT2D eigenvalue weighted by molar-refractivity contribution is 5.04. The van der Waals surface area contributed by atoms with E-state index in [2.05, 4.69) is 26.9 Å². The number of rotatable bonds is 6. The second-order valence-electron chi connectivity index (χ2n) is 4.20. The summed E-state index contributed by atoms with van der Waals surface area (Å²) in [5.41, 5.74) is 2.43. The molecule has 0 fully saturated rings. The number of aromatic nitrogens is 4. The van der Waals surface area contributed by atoms with Gasteiger partial charge in [0.15, 0.2) is 0 Å². The van der Waals surface area contributed by atoms with E-state index in [0.717, 1.165) is 26.1 Å². The van der Waals surface area contributed by atoms with Gasteiger partial charge in [0.1, 0.15) is 0 Å². The van der Waals surface area contributed by atoms with Crippen LogP contribution in [0.5, 0.6) is 0 Å². The lowest BCUT2D eigenvalue weighted by Crippen LogP contribution is -2.15. The molecule has 17 heavy (non-hydrogen) atoms. The summed E-state index contributed by atoms with van der Waals surface area (Å²) >= 11 is 0. The van der Waals surface area contributed by atoms with Crippen LogP contribution in [0.3, 0.4) is 0 Å². The molecule has 2 heterocycles. The van der Waals surface area contributed by atoms with Crippen molar-refractivity contribution in [3.63, 3.8) is 0 Å². The maximum atomic E-state index is 4.18. The molecule has 1 N–H and O–H groups in total. The van der Waals surface area contributed by atoms with Crippen molar-refractivity contribution in [2.24, 2.45) is 7.05 Å². The van der Waals surface area contributed by atoms with Crippen molar-refractivity contribution < 1.29 is 0 Å². The molecular weight excluding hydrogens is 214 g/mol. The van der Waals surface area contributed by atoms with Gasteiger partial charge in [0.25, 0.3) is 0 Å². The Hall–Kier alpha value is -1.62. The molecule has 92 valence electrons. The van der Waals surface area contributed by atoms with Crippen LogP contribution >= 0.6 is 0 Å². The number of imidazole rings is 1. The fourth-order valence-electron chi connectivity index (χ4n) is 1.84. The van der Waals surface area contributed by atoms with Crippen LogP contribution in [-0.4, -0.2) is 19.3 Å². The van der Waals surface area contributed by atoms with Gasteiger partial charge in [0.05, 0.1) is 18.2 Å². The Morgan fingerprint density at radius 2 is 2.18 bits per heavy atom. The predicted octanol–water partition coefficient (Wildman–Crippen LogP) is 1.32. The summed E-state index contributed by atoms with van der Waals surface area (Å²) in [6.07, 6.45) is 8.86. The van der Waals surface area contributed by atoms with Crippen LogP contribution < -0.4 is 5.32 Å². The first kappa shape index (κ1) is 11.9. The van der Waals surface area contributed by atoms with Crippen molar-refractivity contribution in [1.29, 1.82) is 0 Å². The van der Waals surface area contributed by atoms with Gasteiger partial charge in [0, 0.05) is 44.6 Å². The first-order chi connectivity index (χ1) is 8.29. The molecule has 2 aromatic heterocycles. The monoisotopic (exact) mass is 233 g/mol. The molecule has 0 saturated heterocycles. The summed E-state index contributed by atoms with van der Waals surface area (Å²) in [6, 6.07) is 0. The zero-order chi connectivity index (χ0) is 12.1. The quantitative estimate of drug-likeness (QED) is 0.818. The number of nitrogens with zero attached hydrogens (tertiary/aromatic N) is 4. The number of nitrogens with one attached hydrogen (secondary N) is 1. The molecule has 2 aromatic rings. The average molecular weight is 233 g/mol. The smallest absolute Gasteiger partial charge is 0.0948 e. The predicted molar refractivity (Wildman–Crippen MR) is 66.3 cm³/mol. The van der Waals surface area contributed by atoms with Gasteiger partial charge in [-0.25, -0.2) is 4.98 Å². The molecule has 0 aliphatic heterocycles. The van der Waals surface area contributed by atoms with Gasteiger partial charge in [-0.15, -0.1) is 0 Å². The third-order valence-electron chi connectivity index (χ3n) is 2.66. The van der Waals surface area contributed by atoms with Crippen LogP contribution in [0.25, 0.3) is 0 Å². The van der Waals surface area contributed by atoms with E-state index in [1.807, 2.05) is 36.6 Å². The van der Waals surface area contributed by atoms with Gasteiger partial charge in [-0.1, -0.05) is 6.92 Å². The molecule has 5 nitrogen and oxygen atoms in total. The molecule has 0 aliphatic carbocycles. The number of aryl methyl sites for hydroxylation is 2. The standard InChI is InChI=1S/C12H19N5/c1-3-4-17-10-14-8-12(17)7-13-5-11-6-15-16(2)9-11/h6,8-10,13H,3-5,7H2,1-2H3. The van der Waals surface area contributed by atoms with Crippen molar-refractivity contribution in [2.45, 2.75) is 33.0 Å². The molecule has 0 aromatic carbocycles. The molecule has 0 unspecified atom stereocenters. The highest BCUT2D eigenvalue weighted by atomic mass is 15.2. The van der Waals surface area contributed by atoms with E-state index < -0.39 is 0 Å². The fraction of sp³-hybridized carbons (Fsp3) is 0.500. The van der Waals surface area contributed by atoms with Crippen molar-refractivity contribution in [2.75, 3.05) is 0 Å². The minimum absolute atomic E-state index is 0.838. The van der Waals surface area contributed by atoms with Crippen LogP contribution in [-0.2, 0) is 26.7 Å². The largest absolute Gasteiger partial charge is 0.333 e. The Kier molecular flexibility index (Phi) is 3.93. The second kappa shape index (κ2) is 5.63. The molecule has 0 amide bonds. The summed E-state index contributed by atoms with van der Waals surface area (Å²) in [7, 11) is 1.93. The first-order valence-electron chi connectivity index (χ1n) is 5.97. The normalized spacial score (nSPS) is 10.9. The molecule has 0 atom stereocenters. The summed E-state index contributed by atoms with van der Waals surface area (Å²) < 4.78 is 4.01. The van der Waals surface area contributed by atoms with Crippen LogP contribution in [0, 0.1) is 0 Å². The van der Waals surface area contributed by atoms with E-state index in [1.54, 1.807) is 0 Å². The van der Waals surface area contributed by atoms with Crippen molar-refractivity contribution >= 4 is 0 Å². The molecule has 5 heteroatoms. The van der Waals surface area contributed by atoms with Crippen LogP contribution in [0.15, 0.2) is 24.9 Å². The average Bonchev–Trinajstić information content (AvgIpc) is 2.90. The number of hydrogen-bond acceptors (Lipinski definition) is 3.